The molecule has 0 bridgehead atoms. The van der Waals surface area contributed by atoms with E-state index in [1.807, 2.05) is 32.0 Å². The number of carbonyl (C=O) groups excluding carboxylic acids is 1. The number of benzene rings is 1. The number of Topliss-reactive ketones (excluding diaryl/α,β-unsaturated/α-hetero) is 1. The van der Waals surface area contributed by atoms with E-state index in [0.717, 1.165) is 12.0 Å². The van der Waals surface area contributed by atoms with Gasteiger partial charge in [-0.1, -0.05) is 44.8 Å². The average molecular weight is 296 g/mol. The zero-order valence-electron chi connectivity index (χ0n) is 14.1. The summed E-state index contributed by atoms with van der Waals surface area (Å²) < 4.78 is 5.39. The Morgan fingerprint density at radius 2 is 2.09 bits per heavy atom. The van der Waals surface area contributed by atoms with Crippen LogP contribution in [0.5, 0.6) is 5.75 Å². The van der Waals surface area contributed by atoms with Crippen molar-refractivity contribution in [3.8, 4) is 17.6 Å². The molecule has 0 fully saturated rings. The fraction of sp³-hybridized carbons (Fsp3) is 0.350. The molecule has 0 amide bonds. The summed E-state index contributed by atoms with van der Waals surface area (Å²) >= 11 is 0. The van der Waals surface area contributed by atoms with E-state index >= 15 is 0 Å². The van der Waals surface area contributed by atoms with Crippen LogP contribution in [0.3, 0.4) is 0 Å². The van der Waals surface area contributed by atoms with Gasteiger partial charge in [-0.3, -0.25) is 4.79 Å². The Balaban J connectivity index is 3.13. The highest BCUT2D eigenvalue weighted by molar-refractivity contribution is 6.12. The molecule has 0 aliphatic rings. The van der Waals surface area contributed by atoms with Gasteiger partial charge in [0.25, 0.3) is 0 Å². The molecular weight excluding hydrogens is 272 g/mol. The highest BCUT2D eigenvalue weighted by atomic mass is 16.5. The van der Waals surface area contributed by atoms with Crippen LogP contribution in [0.15, 0.2) is 42.0 Å². The Morgan fingerprint density at radius 3 is 2.64 bits per heavy atom. The maximum absolute atomic E-state index is 12.7. The first-order valence-electron chi connectivity index (χ1n) is 7.59. The maximum Gasteiger partial charge on any atom is 0.196 e. The number of ketones is 1. The number of ether oxygens (including phenoxy) is 1. The third-order valence-electron chi connectivity index (χ3n) is 3.34. The van der Waals surface area contributed by atoms with E-state index in [1.165, 1.54) is 0 Å². The van der Waals surface area contributed by atoms with Gasteiger partial charge >= 0.3 is 0 Å². The Morgan fingerprint density at radius 1 is 1.36 bits per heavy atom. The maximum atomic E-state index is 12.7. The summed E-state index contributed by atoms with van der Waals surface area (Å²) in [6, 6.07) is 5.76. The zero-order valence-corrected chi connectivity index (χ0v) is 14.1. The van der Waals surface area contributed by atoms with Crippen molar-refractivity contribution in [3.05, 3.63) is 53.1 Å². The summed E-state index contributed by atoms with van der Waals surface area (Å²) in [5.74, 6) is 6.81. The van der Waals surface area contributed by atoms with Crippen molar-refractivity contribution >= 4 is 5.78 Å². The van der Waals surface area contributed by atoms with Crippen LogP contribution < -0.4 is 4.74 Å². The second-order valence-corrected chi connectivity index (χ2v) is 5.20. The van der Waals surface area contributed by atoms with Gasteiger partial charge in [-0.05, 0) is 42.7 Å². The van der Waals surface area contributed by atoms with E-state index in [4.69, 9.17) is 4.74 Å². The van der Waals surface area contributed by atoms with E-state index in [1.54, 1.807) is 25.3 Å². The monoisotopic (exact) mass is 296 g/mol. The molecule has 1 aromatic carbocycles. The van der Waals surface area contributed by atoms with Gasteiger partial charge in [0.05, 0.1) is 12.7 Å². The van der Waals surface area contributed by atoms with Gasteiger partial charge in [-0.2, -0.15) is 0 Å². The third-order valence-corrected chi connectivity index (χ3v) is 3.34. The van der Waals surface area contributed by atoms with Crippen molar-refractivity contribution in [2.75, 3.05) is 7.11 Å². The highest BCUT2D eigenvalue weighted by Gasteiger charge is 2.15. The van der Waals surface area contributed by atoms with Crippen molar-refractivity contribution in [1.82, 2.24) is 0 Å². The molecule has 0 heterocycles. The Labute approximate surface area is 133 Å². The molecule has 0 atom stereocenters. The molecule has 0 aliphatic carbocycles. The van der Waals surface area contributed by atoms with Gasteiger partial charge in [0.1, 0.15) is 5.75 Å². The number of carbonyl (C=O) groups is 1. The van der Waals surface area contributed by atoms with Gasteiger partial charge in [0.2, 0.25) is 0 Å². The molecular formula is C20H24O2. The van der Waals surface area contributed by atoms with E-state index in [2.05, 4.69) is 25.7 Å². The fourth-order valence-electron chi connectivity index (χ4n) is 2.01. The van der Waals surface area contributed by atoms with Crippen molar-refractivity contribution in [3.63, 3.8) is 0 Å². The molecule has 2 heteroatoms. The molecule has 0 aliphatic heterocycles. The first-order chi connectivity index (χ1) is 10.5. The van der Waals surface area contributed by atoms with Gasteiger partial charge in [0, 0.05) is 12.0 Å². The lowest BCUT2D eigenvalue weighted by Crippen LogP contribution is -2.05. The molecule has 1 rings (SSSR count). The highest BCUT2D eigenvalue weighted by Crippen LogP contribution is 2.26. The van der Waals surface area contributed by atoms with E-state index < -0.39 is 0 Å². The van der Waals surface area contributed by atoms with Gasteiger partial charge in [0.15, 0.2) is 5.78 Å². The van der Waals surface area contributed by atoms with Crippen LogP contribution >= 0.6 is 0 Å². The van der Waals surface area contributed by atoms with Crippen LogP contribution in [0, 0.1) is 11.8 Å². The number of hydrogen-bond acceptors (Lipinski definition) is 2. The minimum atomic E-state index is -0.0517. The molecule has 1 aromatic rings. The smallest absolute Gasteiger partial charge is 0.196 e. The summed E-state index contributed by atoms with van der Waals surface area (Å²) in [7, 11) is 1.59. The van der Waals surface area contributed by atoms with Gasteiger partial charge in [-0.25, -0.2) is 0 Å². The first kappa shape index (κ1) is 17.8. The third kappa shape index (κ3) is 4.63. The molecule has 0 N–H and O–H groups in total. The zero-order chi connectivity index (χ0) is 16.5. The van der Waals surface area contributed by atoms with Crippen LogP contribution in [0.25, 0.3) is 0 Å². The van der Waals surface area contributed by atoms with E-state index in [-0.39, 0.29) is 5.78 Å². The molecule has 0 saturated carbocycles. The van der Waals surface area contributed by atoms with E-state index in [0.29, 0.717) is 22.8 Å². The Bertz CT molecular complexity index is 637. The largest absolute Gasteiger partial charge is 0.496 e. The van der Waals surface area contributed by atoms with Crippen molar-refractivity contribution in [1.29, 1.82) is 0 Å². The topological polar surface area (TPSA) is 26.3 Å². The lowest BCUT2D eigenvalue weighted by molar-refractivity contribution is 0.103. The standard InChI is InChI=1S/C20H24O2/c1-6-8-9-10-11-16(7-2)20(21)18-13-12-17(15(3)4)14-19(18)22-5/h7,10-15H,6H2,1-5H3/b11-10-,16-7+. The van der Waals surface area contributed by atoms with E-state index in [9.17, 15) is 4.79 Å². The molecule has 0 radical (unpaired) electrons. The summed E-state index contributed by atoms with van der Waals surface area (Å²) in [5, 5.41) is 0. The Hall–Kier alpha value is -2.27. The molecule has 116 valence electrons. The molecule has 0 unspecified atom stereocenters. The summed E-state index contributed by atoms with van der Waals surface area (Å²) in [6.45, 7) is 8.06. The van der Waals surface area contributed by atoms with Crippen LogP contribution in [0.1, 0.15) is 56.0 Å². The molecule has 0 saturated heterocycles. The SMILES string of the molecule is C/C=C(\C=C/C#CCC)C(=O)c1ccc(C(C)C)cc1OC. The number of methoxy groups -OCH3 is 1. The average Bonchev–Trinajstić information content (AvgIpc) is 2.53. The molecule has 0 spiro atoms. The lowest BCUT2D eigenvalue weighted by Gasteiger charge is -2.12. The van der Waals surface area contributed by atoms with Crippen molar-refractivity contribution in [2.24, 2.45) is 0 Å². The summed E-state index contributed by atoms with van der Waals surface area (Å²) in [4.78, 5) is 12.7. The molecule has 0 aromatic heterocycles. The minimum Gasteiger partial charge on any atom is -0.496 e. The van der Waals surface area contributed by atoms with Crippen molar-refractivity contribution in [2.45, 2.75) is 40.0 Å². The normalized spacial score (nSPS) is 11.5. The van der Waals surface area contributed by atoms with Crippen LogP contribution in [-0.4, -0.2) is 12.9 Å². The van der Waals surface area contributed by atoms with Crippen LogP contribution in [-0.2, 0) is 0 Å². The number of rotatable bonds is 5. The predicted octanol–water partition coefficient (Wildman–Crippen LogP) is 4.92. The fourth-order valence-corrected chi connectivity index (χ4v) is 2.01. The minimum absolute atomic E-state index is 0.0517. The number of allylic oxidation sites excluding steroid dienone is 4. The lowest BCUT2D eigenvalue weighted by atomic mass is 9.96. The Kier molecular flexibility index (Phi) is 7.19. The van der Waals surface area contributed by atoms with Crippen LogP contribution in [0.4, 0.5) is 0 Å². The summed E-state index contributed by atoms with van der Waals surface area (Å²) in [5.41, 5.74) is 2.34. The molecule has 2 nitrogen and oxygen atoms in total. The van der Waals surface area contributed by atoms with Crippen molar-refractivity contribution < 1.29 is 9.53 Å². The summed E-state index contributed by atoms with van der Waals surface area (Å²) in [6.07, 6.45) is 6.06. The van der Waals surface area contributed by atoms with Crippen LogP contribution in [0.2, 0.25) is 0 Å². The van der Waals surface area contributed by atoms with Gasteiger partial charge < -0.3 is 4.74 Å². The van der Waals surface area contributed by atoms with Gasteiger partial charge in [-0.15, -0.1) is 0 Å². The second kappa shape index (κ2) is 8.89. The molecule has 22 heavy (non-hydrogen) atoms. The quantitative estimate of drug-likeness (QED) is 0.334. The first-order valence-corrected chi connectivity index (χ1v) is 7.59. The predicted molar refractivity (Wildman–Crippen MR) is 92.4 cm³/mol. The second-order valence-electron chi connectivity index (χ2n) is 5.20. The number of hydrogen-bond donors (Lipinski definition) is 0.